The summed E-state index contributed by atoms with van der Waals surface area (Å²) in [5.41, 5.74) is 0.656. The highest BCUT2D eigenvalue weighted by Gasteiger charge is 2.06. The van der Waals surface area contributed by atoms with Crippen LogP contribution in [0.5, 0.6) is 0 Å². The molecule has 0 bridgehead atoms. The van der Waals surface area contributed by atoms with E-state index in [1.165, 1.54) is 0 Å². The van der Waals surface area contributed by atoms with Crippen LogP contribution in [0.15, 0.2) is 16.9 Å². The van der Waals surface area contributed by atoms with Crippen LogP contribution in [0.3, 0.4) is 0 Å². The number of fused-ring (bicyclic) bond motifs is 1. The van der Waals surface area contributed by atoms with E-state index in [1.54, 1.807) is 12.1 Å². The van der Waals surface area contributed by atoms with Crippen LogP contribution in [-0.4, -0.2) is 0 Å². The molecule has 0 unspecified atom stereocenters. The lowest BCUT2D eigenvalue weighted by Crippen LogP contribution is -1.81. The average Bonchev–Trinajstić information content (AvgIpc) is 2.54. The van der Waals surface area contributed by atoms with Crippen molar-refractivity contribution in [3.8, 4) is 12.1 Å². The number of nitriles is 2. The highest BCUT2D eigenvalue weighted by atomic mass is 32.2. The van der Waals surface area contributed by atoms with Crippen molar-refractivity contribution in [2.45, 2.75) is 0 Å². The maximum atomic E-state index is 11.1. The number of hydrogen-bond donors (Lipinski definition) is 0. The smallest absolute Gasteiger partial charge is 0.265 e. The lowest BCUT2D eigenvalue weighted by molar-refractivity contribution is 1.45. The Bertz CT molecular complexity index is 585. The van der Waals surface area contributed by atoms with E-state index in [4.69, 9.17) is 10.5 Å². The summed E-state index contributed by atoms with van der Waals surface area (Å²) in [6, 6.07) is 7.06. The molecule has 5 heteroatoms. The summed E-state index contributed by atoms with van der Waals surface area (Å²) in [4.78, 5) is 11.1. The van der Waals surface area contributed by atoms with Gasteiger partial charge in [0.1, 0.15) is 12.1 Å². The average molecular weight is 218 g/mol. The minimum atomic E-state index is -0.0148. The molecule has 0 radical (unpaired) electrons. The van der Waals surface area contributed by atoms with Gasteiger partial charge in [0, 0.05) is 0 Å². The third-order valence-electron chi connectivity index (χ3n) is 1.71. The molecule has 66 valence electrons. The number of benzene rings is 1. The molecule has 2 aromatic rings. The molecule has 0 fully saturated rings. The van der Waals surface area contributed by atoms with Crippen LogP contribution >= 0.6 is 22.7 Å². The molecule has 0 spiro atoms. The van der Waals surface area contributed by atoms with Crippen LogP contribution < -0.4 is 4.06 Å². The molecule has 2 rings (SSSR count). The van der Waals surface area contributed by atoms with Crippen molar-refractivity contribution in [3.63, 3.8) is 0 Å². The second-order valence-electron chi connectivity index (χ2n) is 2.52. The molecule has 0 atom stereocenters. The minimum absolute atomic E-state index is 0.0148. The summed E-state index contributed by atoms with van der Waals surface area (Å²) in [7, 11) is 0. The zero-order valence-corrected chi connectivity index (χ0v) is 8.41. The van der Waals surface area contributed by atoms with Gasteiger partial charge < -0.3 is 0 Å². The summed E-state index contributed by atoms with van der Waals surface area (Å²) in [5, 5.41) is 17.5. The minimum Gasteiger partial charge on any atom is -0.265 e. The number of hydrogen-bond acceptors (Lipinski definition) is 5. The van der Waals surface area contributed by atoms with Gasteiger partial charge in [-0.15, -0.1) is 0 Å². The second-order valence-corrected chi connectivity index (χ2v) is 4.81. The molecule has 1 aromatic heterocycles. The van der Waals surface area contributed by atoms with Gasteiger partial charge in [-0.2, -0.15) is 10.5 Å². The molecule has 0 aliphatic carbocycles. The van der Waals surface area contributed by atoms with Crippen LogP contribution in [0.4, 0.5) is 0 Å². The number of nitrogens with zero attached hydrogens (tertiary/aromatic N) is 2. The SMILES string of the molecule is N#Cc1cc2sc(=O)sc2cc1C#N. The lowest BCUT2D eigenvalue weighted by Gasteiger charge is -1.92. The molecule has 0 amide bonds. The van der Waals surface area contributed by atoms with E-state index in [9.17, 15) is 4.79 Å². The predicted molar refractivity (Wildman–Crippen MR) is 55.4 cm³/mol. The second kappa shape index (κ2) is 3.22. The fourth-order valence-electron chi connectivity index (χ4n) is 1.10. The molecular formula is C9H2N2OS2. The first-order valence-electron chi connectivity index (χ1n) is 3.62. The Balaban J connectivity index is 2.91. The van der Waals surface area contributed by atoms with Gasteiger partial charge in [0.25, 0.3) is 4.06 Å². The van der Waals surface area contributed by atoms with Crippen molar-refractivity contribution >= 4 is 32.1 Å². The standard InChI is InChI=1S/C9H2N2OS2/c10-3-5-1-7-8(2-6(5)4-11)14-9(12)13-7/h1-2H. The zero-order chi connectivity index (χ0) is 10.1. The zero-order valence-electron chi connectivity index (χ0n) is 6.77. The predicted octanol–water partition coefficient (Wildman–Crippen LogP) is 2.07. The third kappa shape index (κ3) is 1.29. The first-order valence-corrected chi connectivity index (χ1v) is 5.26. The maximum absolute atomic E-state index is 11.1. The van der Waals surface area contributed by atoms with E-state index >= 15 is 0 Å². The van der Waals surface area contributed by atoms with Crippen LogP contribution in [-0.2, 0) is 0 Å². The molecule has 0 aliphatic rings. The van der Waals surface area contributed by atoms with E-state index in [1.807, 2.05) is 12.1 Å². The lowest BCUT2D eigenvalue weighted by atomic mass is 10.1. The summed E-state index contributed by atoms with van der Waals surface area (Å²) in [6.45, 7) is 0. The summed E-state index contributed by atoms with van der Waals surface area (Å²) in [5.74, 6) is 0. The Hall–Kier alpha value is -1.69. The van der Waals surface area contributed by atoms with Crippen molar-refractivity contribution in [1.29, 1.82) is 10.5 Å². The fraction of sp³-hybridized carbons (Fsp3) is 0. The fourth-order valence-corrected chi connectivity index (χ4v) is 3.09. The van der Waals surface area contributed by atoms with E-state index in [0.717, 1.165) is 32.1 Å². The summed E-state index contributed by atoms with van der Waals surface area (Å²) < 4.78 is 1.53. The summed E-state index contributed by atoms with van der Waals surface area (Å²) >= 11 is 2.21. The Kier molecular flexibility index (Phi) is 2.05. The summed E-state index contributed by atoms with van der Waals surface area (Å²) in [6.07, 6.45) is 0. The van der Waals surface area contributed by atoms with Gasteiger partial charge in [0.05, 0.1) is 20.5 Å². The largest absolute Gasteiger partial charge is 0.288 e. The van der Waals surface area contributed by atoms with E-state index in [0.29, 0.717) is 11.1 Å². The molecule has 0 aliphatic heterocycles. The Morgan fingerprint density at radius 3 is 1.79 bits per heavy atom. The highest BCUT2D eigenvalue weighted by Crippen LogP contribution is 2.24. The Morgan fingerprint density at radius 2 is 1.43 bits per heavy atom. The van der Waals surface area contributed by atoms with Gasteiger partial charge in [-0.3, -0.25) is 4.79 Å². The van der Waals surface area contributed by atoms with Gasteiger partial charge in [-0.25, -0.2) is 0 Å². The normalized spacial score (nSPS) is 9.57. The molecule has 0 saturated carbocycles. The van der Waals surface area contributed by atoms with Crippen LogP contribution in [0.1, 0.15) is 11.1 Å². The molecule has 3 nitrogen and oxygen atoms in total. The molecular weight excluding hydrogens is 216 g/mol. The molecule has 0 N–H and O–H groups in total. The van der Waals surface area contributed by atoms with Gasteiger partial charge in [0.15, 0.2) is 0 Å². The molecule has 1 aromatic carbocycles. The van der Waals surface area contributed by atoms with Crippen molar-refractivity contribution < 1.29 is 0 Å². The van der Waals surface area contributed by atoms with Gasteiger partial charge in [0.2, 0.25) is 0 Å². The van der Waals surface area contributed by atoms with E-state index in [2.05, 4.69) is 0 Å². The molecule has 0 saturated heterocycles. The van der Waals surface area contributed by atoms with Crippen LogP contribution in [0.25, 0.3) is 9.40 Å². The van der Waals surface area contributed by atoms with Gasteiger partial charge in [-0.1, -0.05) is 22.7 Å². The highest BCUT2D eigenvalue weighted by molar-refractivity contribution is 7.35. The Morgan fingerprint density at radius 1 is 1.00 bits per heavy atom. The third-order valence-corrected chi connectivity index (χ3v) is 3.79. The van der Waals surface area contributed by atoms with E-state index in [-0.39, 0.29) is 4.06 Å². The van der Waals surface area contributed by atoms with Gasteiger partial charge in [-0.05, 0) is 12.1 Å². The van der Waals surface area contributed by atoms with Crippen molar-refractivity contribution in [2.75, 3.05) is 0 Å². The quantitative estimate of drug-likeness (QED) is 0.679. The number of rotatable bonds is 0. The van der Waals surface area contributed by atoms with Crippen LogP contribution in [0.2, 0.25) is 0 Å². The van der Waals surface area contributed by atoms with Crippen molar-refractivity contribution in [3.05, 3.63) is 32.1 Å². The molecule has 14 heavy (non-hydrogen) atoms. The Labute approximate surface area is 87.1 Å². The van der Waals surface area contributed by atoms with Crippen LogP contribution in [0, 0.1) is 22.7 Å². The maximum Gasteiger partial charge on any atom is 0.288 e. The van der Waals surface area contributed by atoms with Crippen molar-refractivity contribution in [1.82, 2.24) is 0 Å². The van der Waals surface area contributed by atoms with Gasteiger partial charge >= 0.3 is 0 Å². The first kappa shape index (κ1) is 8.89. The van der Waals surface area contributed by atoms with Crippen molar-refractivity contribution in [2.24, 2.45) is 0 Å². The molecule has 1 heterocycles. The monoisotopic (exact) mass is 218 g/mol. The van der Waals surface area contributed by atoms with E-state index < -0.39 is 0 Å². The topological polar surface area (TPSA) is 64.7 Å². The first-order chi connectivity index (χ1) is 6.74.